The first-order valence-corrected chi connectivity index (χ1v) is 12.1. The summed E-state index contributed by atoms with van der Waals surface area (Å²) in [6.07, 6.45) is 12.8. The van der Waals surface area contributed by atoms with E-state index in [0.29, 0.717) is 24.7 Å². The van der Waals surface area contributed by atoms with E-state index in [-0.39, 0.29) is 5.43 Å². The highest BCUT2D eigenvalue weighted by molar-refractivity contribution is 8.03. The van der Waals surface area contributed by atoms with Crippen molar-refractivity contribution in [3.8, 4) is 11.8 Å². The van der Waals surface area contributed by atoms with E-state index >= 15 is 0 Å². The summed E-state index contributed by atoms with van der Waals surface area (Å²) in [6.45, 7) is 7.48. The maximum absolute atomic E-state index is 12.3. The predicted molar refractivity (Wildman–Crippen MR) is 124 cm³/mol. The van der Waals surface area contributed by atoms with Gasteiger partial charge in [-0.2, -0.15) is 5.26 Å². The van der Waals surface area contributed by atoms with E-state index in [1.807, 2.05) is 6.08 Å². The number of ether oxygens (including phenoxy) is 1. The van der Waals surface area contributed by atoms with E-state index in [1.165, 1.54) is 6.26 Å². The van der Waals surface area contributed by atoms with Gasteiger partial charge in [-0.05, 0) is 63.8 Å². The van der Waals surface area contributed by atoms with Crippen LogP contribution in [0.2, 0.25) is 0 Å². The molecule has 2 rings (SSSR count). The number of hydrogen-bond donors (Lipinski definition) is 0. The minimum Gasteiger partial charge on any atom is -0.487 e. The normalized spacial score (nSPS) is 13.7. The Balaban J connectivity index is 1.66. The zero-order chi connectivity index (χ0) is 21.6. The van der Waals surface area contributed by atoms with E-state index in [0.717, 1.165) is 74.3 Å². The number of rotatable bonds is 14. The van der Waals surface area contributed by atoms with Gasteiger partial charge in [0.15, 0.2) is 0 Å². The Kier molecular flexibility index (Phi) is 11.4. The van der Waals surface area contributed by atoms with Crippen molar-refractivity contribution >= 4 is 11.8 Å². The fourth-order valence-electron chi connectivity index (χ4n) is 3.38. The molecular weight excluding hydrogens is 396 g/mol. The fourth-order valence-corrected chi connectivity index (χ4v) is 4.47. The smallest absolute Gasteiger partial charge is 0.227 e. The van der Waals surface area contributed by atoms with Crippen molar-refractivity contribution in [3.63, 3.8) is 0 Å². The Bertz CT molecular complexity index is 801. The van der Waals surface area contributed by atoms with E-state index in [1.54, 1.807) is 17.8 Å². The van der Waals surface area contributed by atoms with E-state index < -0.39 is 0 Å². The third-order valence-electron chi connectivity index (χ3n) is 4.85. The lowest BCUT2D eigenvalue weighted by atomic mass is 10.1. The number of unbranched alkanes of at least 4 members (excludes halogenated alkanes) is 2. The minimum atomic E-state index is -0.111. The largest absolute Gasteiger partial charge is 0.487 e. The molecule has 1 aliphatic carbocycles. The molecule has 0 amide bonds. The molecule has 5 nitrogen and oxygen atoms in total. The van der Waals surface area contributed by atoms with Gasteiger partial charge < -0.3 is 9.15 Å². The first-order chi connectivity index (χ1) is 14.7. The molecule has 1 aromatic rings. The van der Waals surface area contributed by atoms with Crippen molar-refractivity contribution in [2.75, 3.05) is 25.4 Å². The summed E-state index contributed by atoms with van der Waals surface area (Å²) in [4.78, 5) is 15.7. The Morgan fingerprint density at radius 3 is 2.63 bits per heavy atom. The van der Waals surface area contributed by atoms with Crippen LogP contribution in [0.15, 0.2) is 44.2 Å². The van der Waals surface area contributed by atoms with Crippen molar-refractivity contribution in [1.29, 1.82) is 5.26 Å². The maximum atomic E-state index is 12.3. The van der Waals surface area contributed by atoms with Gasteiger partial charge in [-0.1, -0.05) is 26.0 Å². The molecule has 0 saturated carbocycles. The monoisotopic (exact) mass is 430 g/mol. The van der Waals surface area contributed by atoms with Crippen molar-refractivity contribution < 1.29 is 9.15 Å². The van der Waals surface area contributed by atoms with Gasteiger partial charge in [-0.25, -0.2) is 0 Å². The van der Waals surface area contributed by atoms with Crippen LogP contribution in [0.3, 0.4) is 0 Å². The molecule has 1 aliphatic rings. The molecule has 1 aromatic heterocycles. The second-order valence-electron chi connectivity index (χ2n) is 7.48. The summed E-state index contributed by atoms with van der Waals surface area (Å²) in [5.41, 5.74) is 0.706. The summed E-state index contributed by atoms with van der Waals surface area (Å²) in [6, 6.07) is 3.83. The number of thioether (sulfide) groups is 1. The van der Waals surface area contributed by atoms with Crippen LogP contribution in [0.25, 0.3) is 0 Å². The molecule has 6 heteroatoms. The van der Waals surface area contributed by atoms with Gasteiger partial charge in [-0.3, -0.25) is 9.69 Å². The Morgan fingerprint density at radius 2 is 1.93 bits per heavy atom. The Labute approximate surface area is 184 Å². The van der Waals surface area contributed by atoms with Crippen molar-refractivity contribution in [2.45, 2.75) is 65.3 Å². The second-order valence-corrected chi connectivity index (χ2v) is 8.62. The molecule has 0 N–H and O–H groups in total. The number of nitriles is 1. The number of allylic oxidation sites excluding steroid dienone is 3. The van der Waals surface area contributed by atoms with Gasteiger partial charge in [0.25, 0.3) is 0 Å². The van der Waals surface area contributed by atoms with Gasteiger partial charge >= 0.3 is 0 Å². The highest BCUT2D eigenvalue weighted by Crippen LogP contribution is 2.29. The molecule has 0 aliphatic heterocycles. The average molecular weight is 431 g/mol. The van der Waals surface area contributed by atoms with Gasteiger partial charge in [-0.15, -0.1) is 11.8 Å². The molecular formula is C24H34N2O3S. The van der Waals surface area contributed by atoms with Crippen LogP contribution in [0, 0.1) is 11.3 Å². The molecule has 164 valence electrons. The van der Waals surface area contributed by atoms with Crippen molar-refractivity contribution in [2.24, 2.45) is 0 Å². The Morgan fingerprint density at radius 1 is 1.17 bits per heavy atom. The standard InChI is InChI=1S/C24H34N2O3S/c1-3-12-26(13-4-2)18-21-16-22(27)23(19-29-21)28-14-8-5-9-15-30-24-11-7-6-10-20(24)17-25/h10-11,16,19H,3-9,12-15,18H2,1-2H3. The summed E-state index contributed by atoms with van der Waals surface area (Å²) in [5.74, 6) is 1.98. The van der Waals surface area contributed by atoms with Crippen LogP contribution in [0.1, 0.15) is 64.6 Å². The molecule has 0 atom stereocenters. The van der Waals surface area contributed by atoms with E-state index in [2.05, 4.69) is 30.9 Å². The summed E-state index contributed by atoms with van der Waals surface area (Å²) < 4.78 is 11.3. The van der Waals surface area contributed by atoms with Crippen LogP contribution in [0.5, 0.6) is 5.75 Å². The lowest BCUT2D eigenvalue weighted by molar-refractivity contribution is 0.237. The summed E-state index contributed by atoms with van der Waals surface area (Å²) in [5, 5.41) is 9.15. The molecule has 0 aromatic carbocycles. The lowest BCUT2D eigenvalue weighted by Gasteiger charge is -2.19. The van der Waals surface area contributed by atoms with Crippen LogP contribution < -0.4 is 10.2 Å². The lowest BCUT2D eigenvalue weighted by Crippen LogP contribution is -2.25. The summed E-state index contributed by atoms with van der Waals surface area (Å²) >= 11 is 1.76. The molecule has 0 radical (unpaired) electrons. The molecule has 0 bridgehead atoms. The van der Waals surface area contributed by atoms with Crippen molar-refractivity contribution in [3.05, 3.63) is 50.9 Å². The quantitative estimate of drug-likeness (QED) is 0.354. The van der Waals surface area contributed by atoms with E-state index in [9.17, 15) is 4.79 Å². The maximum Gasteiger partial charge on any atom is 0.227 e. The molecule has 1 heterocycles. The molecule has 0 saturated heterocycles. The molecule has 0 spiro atoms. The predicted octanol–water partition coefficient (Wildman–Crippen LogP) is 5.67. The zero-order valence-corrected chi connectivity index (χ0v) is 19.1. The molecule has 0 fully saturated rings. The highest BCUT2D eigenvalue weighted by atomic mass is 32.2. The SMILES string of the molecule is CCCN(CCC)Cc1cc(=O)c(OCCCCCSC2=CCCC=C2C#N)co1. The van der Waals surface area contributed by atoms with Gasteiger partial charge in [0.1, 0.15) is 12.0 Å². The van der Waals surface area contributed by atoms with Crippen LogP contribution in [0.4, 0.5) is 0 Å². The minimum absolute atomic E-state index is 0.111. The van der Waals surface area contributed by atoms with Gasteiger partial charge in [0.2, 0.25) is 11.2 Å². The number of nitrogens with zero attached hydrogens (tertiary/aromatic N) is 2. The fraction of sp³-hybridized carbons (Fsp3) is 0.583. The Hall–Kier alpha value is -1.97. The average Bonchev–Trinajstić information content (AvgIpc) is 2.75. The van der Waals surface area contributed by atoms with Gasteiger partial charge in [0, 0.05) is 11.0 Å². The van der Waals surface area contributed by atoms with Crippen LogP contribution in [-0.2, 0) is 6.54 Å². The molecule has 30 heavy (non-hydrogen) atoms. The molecule has 0 unspecified atom stereocenters. The van der Waals surface area contributed by atoms with Crippen LogP contribution in [-0.4, -0.2) is 30.3 Å². The highest BCUT2D eigenvalue weighted by Gasteiger charge is 2.10. The van der Waals surface area contributed by atoms with Crippen molar-refractivity contribution in [1.82, 2.24) is 4.90 Å². The summed E-state index contributed by atoms with van der Waals surface area (Å²) in [7, 11) is 0. The first kappa shape index (κ1) is 24.3. The topological polar surface area (TPSA) is 66.5 Å². The third kappa shape index (κ3) is 8.41. The van der Waals surface area contributed by atoms with E-state index in [4.69, 9.17) is 14.4 Å². The third-order valence-corrected chi connectivity index (χ3v) is 6.04. The number of hydrogen-bond acceptors (Lipinski definition) is 6. The van der Waals surface area contributed by atoms with Gasteiger partial charge in [0.05, 0.1) is 24.8 Å². The zero-order valence-electron chi connectivity index (χ0n) is 18.3. The first-order valence-electron chi connectivity index (χ1n) is 11.1. The second kappa shape index (κ2) is 14.1. The van der Waals surface area contributed by atoms with Crippen LogP contribution >= 0.6 is 11.8 Å².